The van der Waals surface area contributed by atoms with Gasteiger partial charge in [0.25, 0.3) is 0 Å². The first-order chi connectivity index (χ1) is 9.65. The number of sulfonamides is 1. The third-order valence-corrected chi connectivity index (χ3v) is 4.52. The first-order valence-corrected chi connectivity index (χ1v) is 8.39. The smallest absolute Gasteiger partial charge is 0.321 e. The molecule has 1 rings (SSSR count). The minimum atomic E-state index is -4.02. The number of halogens is 1. The average molecular weight is 375 g/mol. The molecule has 0 unspecified atom stereocenters. The molecule has 0 radical (unpaired) electrons. The molecule has 0 bridgehead atoms. The Hall–Kier alpha value is -1.43. The van der Waals surface area contributed by atoms with Crippen LogP contribution in [0.25, 0.3) is 0 Å². The molecule has 6 nitrogen and oxygen atoms in total. The lowest BCUT2D eigenvalue weighted by Crippen LogP contribution is -2.41. The molecule has 1 aromatic rings. The molecular formula is C13H15BrN2O4S. The highest BCUT2D eigenvalue weighted by Gasteiger charge is 2.26. The SMILES string of the molecule is CC(C)C[C@@H](NS(=O)(=O)c1cc(Br)cc(C#N)c1)C(=O)O. The summed E-state index contributed by atoms with van der Waals surface area (Å²) < 4.78 is 27.1. The van der Waals surface area contributed by atoms with E-state index in [1.807, 2.05) is 6.07 Å². The summed E-state index contributed by atoms with van der Waals surface area (Å²) in [6, 6.07) is 4.63. The van der Waals surface area contributed by atoms with Gasteiger partial charge >= 0.3 is 5.97 Å². The predicted molar refractivity (Wildman–Crippen MR) is 80.1 cm³/mol. The third kappa shape index (κ3) is 5.12. The molecule has 0 heterocycles. The van der Waals surface area contributed by atoms with Crippen molar-refractivity contribution < 1.29 is 18.3 Å². The zero-order chi connectivity index (χ0) is 16.2. The van der Waals surface area contributed by atoms with E-state index in [0.717, 1.165) is 0 Å². The largest absolute Gasteiger partial charge is 0.480 e. The van der Waals surface area contributed by atoms with Crippen LogP contribution < -0.4 is 4.72 Å². The zero-order valence-corrected chi connectivity index (χ0v) is 13.9. The number of nitrogens with one attached hydrogen (secondary N) is 1. The molecule has 0 saturated heterocycles. The summed E-state index contributed by atoms with van der Waals surface area (Å²) >= 11 is 3.12. The van der Waals surface area contributed by atoms with Crippen molar-refractivity contribution >= 4 is 31.9 Å². The first-order valence-electron chi connectivity index (χ1n) is 6.11. The molecule has 0 aliphatic heterocycles. The van der Waals surface area contributed by atoms with Gasteiger partial charge in [-0.05, 0) is 30.5 Å². The van der Waals surface area contributed by atoms with Crippen LogP contribution in [0.15, 0.2) is 27.6 Å². The topological polar surface area (TPSA) is 107 Å². The molecule has 0 aromatic heterocycles. The quantitative estimate of drug-likeness (QED) is 0.792. The molecule has 0 amide bonds. The van der Waals surface area contributed by atoms with Gasteiger partial charge in [0.15, 0.2) is 0 Å². The van der Waals surface area contributed by atoms with E-state index in [2.05, 4.69) is 20.7 Å². The van der Waals surface area contributed by atoms with Gasteiger partial charge in [0.1, 0.15) is 6.04 Å². The van der Waals surface area contributed by atoms with Crippen molar-refractivity contribution in [2.24, 2.45) is 5.92 Å². The van der Waals surface area contributed by atoms with E-state index in [1.54, 1.807) is 13.8 Å². The van der Waals surface area contributed by atoms with Crippen LogP contribution in [0.1, 0.15) is 25.8 Å². The molecule has 0 aliphatic carbocycles. The molecule has 1 aromatic carbocycles. The second kappa shape index (κ2) is 7.02. The number of carbonyl (C=O) groups is 1. The van der Waals surface area contributed by atoms with Gasteiger partial charge in [-0.25, -0.2) is 8.42 Å². The Bertz CT molecular complexity index is 680. The number of hydrogen-bond donors (Lipinski definition) is 2. The Morgan fingerprint density at radius 3 is 2.52 bits per heavy atom. The third-order valence-electron chi connectivity index (χ3n) is 2.61. The number of nitriles is 1. The van der Waals surface area contributed by atoms with Crippen LogP contribution in [0.4, 0.5) is 0 Å². The second-order valence-electron chi connectivity index (χ2n) is 4.93. The number of carboxylic acids is 1. The van der Waals surface area contributed by atoms with Crippen LogP contribution in [0.2, 0.25) is 0 Å². The van der Waals surface area contributed by atoms with Crippen molar-refractivity contribution in [1.29, 1.82) is 5.26 Å². The first kappa shape index (κ1) is 17.6. The lowest BCUT2D eigenvalue weighted by molar-refractivity contribution is -0.139. The van der Waals surface area contributed by atoms with Crippen molar-refractivity contribution in [3.8, 4) is 6.07 Å². The molecule has 2 N–H and O–H groups in total. The molecule has 0 fully saturated rings. The summed E-state index contributed by atoms with van der Waals surface area (Å²) in [4.78, 5) is 11.0. The molecule has 0 aliphatic rings. The van der Waals surface area contributed by atoms with E-state index in [0.29, 0.717) is 4.47 Å². The second-order valence-corrected chi connectivity index (χ2v) is 7.56. The Morgan fingerprint density at radius 2 is 2.05 bits per heavy atom. The van der Waals surface area contributed by atoms with Crippen molar-refractivity contribution in [3.05, 3.63) is 28.2 Å². The van der Waals surface area contributed by atoms with Crippen LogP contribution in [0.3, 0.4) is 0 Å². The number of benzene rings is 1. The van der Waals surface area contributed by atoms with Crippen molar-refractivity contribution in [2.45, 2.75) is 31.2 Å². The van der Waals surface area contributed by atoms with E-state index in [4.69, 9.17) is 10.4 Å². The van der Waals surface area contributed by atoms with Gasteiger partial charge in [-0.2, -0.15) is 9.98 Å². The van der Waals surface area contributed by atoms with Crippen LogP contribution >= 0.6 is 15.9 Å². The average Bonchev–Trinajstić information content (AvgIpc) is 2.36. The Morgan fingerprint density at radius 1 is 1.43 bits per heavy atom. The molecule has 8 heteroatoms. The number of nitrogens with zero attached hydrogens (tertiary/aromatic N) is 1. The van der Waals surface area contributed by atoms with Gasteiger partial charge in [0, 0.05) is 4.47 Å². The summed E-state index contributed by atoms with van der Waals surface area (Å²) in [5.41, 5.74) is 0.167. The molecule has 1 atom stereocenters. The standard InChI is InChI=1S/C13H15BrN2O4S/c1-8(2)3-12(13(17)18)16-21(19,20)11-5-9(7-15)4-10(14)6-11/h4-6,8,12,16H,3H2,1-2H3,(H,17,18)/t12-/m1/s1. The van der Waals surface area contributed by atoms with Crippen LogP contribution in [-0.2, 0) is 14.8 Å². The normalized spacial score (nSPS) is 12.9. The minimum Gasteiger partial charge on any atom is -0.480 e. The number of carboxylic acid groups (broad SMARTS) is 1. The van der Waals surface area contributed by atoms with Crippen molar-refractivity contribution in [1.82, 2.24) is 4.72 Å². The molecule has 0 spiro atoms. The maximum absolute atomic E-state index is 12.2. The fourth-order valence-corrected chi connectivity index (χ4v) is 3.63. The van der Waals surface area contributed by atoms with Gasteiger partial charge in [0.05, 0.1) is 16.5 Å². The lowest BCUT2D eigenvalue weighted by Gasteiger charge is -2.16. The van der Waals surface area contributed by atoms with Gasteiger partial charge in [-0.1, -0.05) is 29.8 Å². The van der Waals surface area contributed by atoms with Gasteiger partial charge in [-0.15, -0.1) is 0 Å². The zero-order valence-electron chi connectivity index (χ0n) is 11.5. The van der Waals surface area contributed by atoms with Crippen LogP contribution in [0.5, 0.6) is 0 Å². The van der Waals surface area contributed by atoms with Crippen LogP contribution in [0, 0.1) is 17.2 Å². The molecule has 114 valence electrons. The Kier molecular flexibility index (Phi) is 5.89. The highest BCUT2D eigenvalue weighted by atomic mass is 79.9. The Labute approximate surface area is 132 Å². The maximum Gasteiger partial charge on any atom is 0.321 e. The predicted octanol–water partition coefficient (Wildman–Crippen LogP) is 2.10. The highest BCUT2D eigenvalue weighted by Crippen LogP contribution is 2.20. The summed E-state index contributed by atoms with van der Waals surface area (Å²) in [5, 5.41) is 18.0. The van der Waals surface area contributed by atoms with E-state index in [1.165, 1.54) is 18.2 Å². The monoisotopic (exact) mass is 374 g/mol. The summed E-state index contributed by atoms with van der Waals surface area (Å²) in [7, 11) is -4.02. The van der Waals surface area contributed by atoms with Gasteiger partial charge < -0.3 is 5.11 Å². The van der Waals surface area contributed by atoms with Gasteiger partial charge in [0.2, 0.25) is 10.0 Å². The summed E-state index contributed by atoms with van der Waals surface area (Å²) in [6.45, 7) is 3.61. The van der Waals surface area contributed by atoms with Gasteiger partial charge in [-0.3, -0.25) is 4.79 Å². The minimum absolute atomic E-state index is 0.0194. The fourth-order valence-electron chi connectivity index (χ4n) is 1.71. The molecule has 0 saturated carbocycles. The number of hydrogen-bond acceptors (Lipinski definition) is 4. The highest BCUT2D eigenvalue weighted by molar-refractivity contribution is 9.10. The van der Waals surface area contributed by atoms with E-state index >= 15 is 0 Å². The number of aliphatic carboxylic acids is 1. The summed E-state index contributed by atoms with van der Waals surface area (Å²) in [6.07, 6.45) is 0.174. The van der Waals surface area contributed by atoms with Crippen LogP contribution in [-0.4, -0.2) is 25.5 Å². The van der Waals surface area contributed by atoms with Crippen molar-refractivity contribution in [2.75, 3.05) is 0 Å². The lowest BCUT2D eigenvalue weighted by atomic mass is 10.1. The Balaban J connectivity index is 3.13. The maximum atomic E-state index is 12.2. The molecule has 21 heavy (non-hydrogen) atoms. The molecular weight excluding hydrogens is 360 g/mol. The van der Waals surface area contributed by atoms with E-state index in [-0.39, 0.29) is 22.8 Å². The van der Waals surface area contributed by atoms with E-state index in [9.17, 15) is 13.2 Å². The number of rotatable bonds is 6. The summed E-state index contributed by atoms with van der Waals surface area (Å²) in [5.74, 6) is -1.21. The van der Waals surface area contributed by atoms with Crippen molar-refractivity contribution in [3.63, 3.8) is 0 Å². The fraction of sp³-hybridized carbons (Fsp3) is 0.385. The van der Waals surface area contributed by atoms with E-state index < -0.39 is 22.0 Å².